The molecule has 0 saturated heterocycles. The summed E-state index contributed by atoms with van der Waals surface area (Å²) >= 11 is 0. The molecule has 2 unspecified atom stereocenters. The molecule has 1 fully saturated rings. The van der Waals surface area contributed by atoms with Gasteiger partial charge < -0.3 is 10.2 Å². The Morgan fingerprint density at radius 3 is 2.82 bits per heavy atom. The van der Waals surface area contributed by atoms with Gasteiger partial charge in [0.05, 0.1) is 11.7 Å². The van der Waals surface area contributed by atoms with Gasteiger partial charge in [-0.3, -0.25) is 0 Å². The number of hydrogen-bond acceptors (Lipinski definition) is 3. The Morgan fingerprint density at radius 1 is 1.82 bits per heavy atom. The highest BCUT2D eigenvalue weighted by Crippen LogP contribution is 2.48. The lowest BCUT2D eigenvalue weighted by Crippen LogP contribution is -2.21. The number of oxazole rings is 1. The van der Waals surface area contributed by atoms with Crippen LogP contribution in [0.5, 0.6) is 0 Å². The van der Waals surface area contributed by atoms with Gasteiger partial charge in [-0.05, 0) is 12.3 Å². The third-order valence-electron chi connectivity index (χ3n) is 2.19. The van der Waals surface area contributed by atoms with E-state index in [9.17, 15) is 0 Å². The molecule has 0 amide bonds. The van der Waals surface area contributed by atoms with Crippen LogP contribution in [-0.4, -0.2) is 4.98 Å². The lowest BCUT2D eigenvalue weighted by atomic mass is 10.2. The van der Waals surface area contributed by atoms with Crippen molar-refractivity contribution in [2.75, 3.05) is 0 Å². The molecule has 0 bridgehead atoms. The maximum Gasteiger partial charge on any atom is 0.214 e. The monoisotopic (exact) mass is 174 g/mol. The largest absolute Gasteiger partial charge is 0.447 e. The standard InChI is InChI=1S/C7H10N2O.ClH/c1-5-4-7(5,8)6-9-2-3-10-6;/h2-3,5H,4,8H2,1H3;1H. The van der Waals surface area contributed by atoms with Gasteiger partial charge in [0.15, 0.2) is 0 Å². The second-order valence-corrected chi connectivity index (χ2v) is 2.98. The fraction of sp³-hybridized carbons (Fsp3) is 0.571. The molecular weight excluding hydrogens is 164 g/mol. The molecule has 62 valence electrons. The average molecular weight is 175 g/mol. The Bertz CT molecular complexity index is 237. The van der Waals surface area contributed by atoms with Crippen LogP contribution >= 0.6 is 12.4 Å². The fourth-order valence-electron chi connectivity index (χ4n) is 1.20. The van der Waals surface area contributed by atoms with Gasteiger partial charge in [-0.15, -0.1) is 12.4 Å². The third kappa shape index (κ3) is 1.14. The number of nitrogens with two attached hydrogens (primary N) is 1. The molecule has 0 aromatic carbocycles. The van der Waals surface area contributed by atoms with E-state index in [4.69, 9.17) is 10.2 Å². The molecule has 1 aliphatic rings. The van der Waals surface area contributed by atoms with Crippen molar-refractivity contribution in [1.82, 2.24) is 4.98 Å². The van der Waals surface area contributed by atoms with Crippen LogP contribution in [0.1, 0.15) is 19.2 Å². The van der Waals surface area contributed by atoms with E-state index in [1.807, 2.05) is 0 Å². The van der Waals surface area contributed by atoms with E-state index in [0.29, 0.717) is 11.8 Å². The van der Waals surface area contributed by atoms with Crippen LogP contribution in [0.15, 0.2) is 16.9 Å². The second-order valence-electron chi connectivity index (χ2n) is 2.98. The van der Waals surface area contributed by atoms with E-state index in [1.54, 1.807) is 12.5 Å². The molecule has 2 rings (SSSR count). The minimum absolute atomic E-state index is 0. The number of aromatic nitrogens is 1. The zero-order valence-corrected chi connectivity index (χ0v) is 7.10. The molecule has 0 radical (unpaired) electrons. The molecule has 1 saturated carbocycles. The van der Waals surface area contributed by atoms with Gasteiger partial charge in [-0.1, -0.05) is 6.92 Å². The molecule has 0 aliphatic heterocycles. The Balaban J connectivity index is 0.000000605. The van der Waals surface area contributed by atoms with Gasteiger partial charge in [-0.2, -0.15) is 0 Å². The summed E-state index contributed by atoms with van der Waals surface area (Å²) in [7, 11) is 0. The van der Waals surface area contributed by atoms with Crippen molar-refractivity contribution in [3.8, 4) is 0 Å². The van der Waals surface area contributed by atoms with E-state index < -0.39 is 0 Å². The van der Waals surface area contributed by atoms with Gasteiger partial charge >= 0.3 is 0 Å². The van der Waals surface area contributed by atoms with E-state index >= 15 is 0 Å². The summed E-state index contributed by atoms with van der Waals surface area (Å²) in [6, 6.07) is 0. The van der Waals surface area contributed by atoms with Crippen LogP contribution in [0.2, 0.25) is 0 Å². The summed E-state index contributed by atoms with van der Waals surface area (Å²) in [5.74, 6) is 1.20. The molecule has 1 aliphatic carbocycles. The van der Waals surface area contributed by atoms with E-state index in [-0.39, 0.29) is 17.9 Å². The molecule has 0 spiro atoms. The molecular formula is C7H11ClN2O. The Hall–Kier alpha value is -0.540. The van der Waals surface area contributed by atoms with Crippen molar-refractivity contribution < 1.29 is 4.42 Å². The highest BCUT2D eigenvalue weighted by atomic mass is 35.5. The lowest BCUT2D eigenvalue weighted by molar-refractivity contribution is 0.425. The predicted octanol–water partition coefficient (Wildman–Crippen LogP) is 1.29. The predicted molar refractivity (Wildman–Crippen MR) is 43.4 cm³/mol. The zero-order valence-electron chi connectivity index (χ0n) is 6.28. The number of halogens is 1. The number of nitrogens with zero attached hydrogens (tertiary/aromatic N) is 1. The normalized spacial score (nSPS) is 34.5. The van der Waals surface area contributed by atoms with E-state index in [2.05, 4.69) is 11.9 Å². The summed E-state index contributed by atoms with van der Waals surface area (Å²) in [5.41, 5.74) is 5.65. The second kappa shape index (κ2) is 2.50. The quantitative estimate of drug-likeness (QED) is 0.698. The molecule has 4 heteroatoms. The lowest BCUT2D eigenvalue weighted by Gasteiger charge is -2.01. The summed E-state index contributed by atoms with van der Waals surface area (Å²) in [5, 5.41) is 0. The Kier molecular flexibility index (Phi) is 1.94. The van der Waals surface area contributed by atoms with Crippen LogP contribution in [-0.2, 0) is 5.54 Å². The first-order valence-electron chi connectivity index (χ1n) is 3.42. The van der Waals surface area contributed by atoms with Gasteiger partial charge in [-0.25, -0.2) is 4.98 Å². The molecule has 1 heterocycles. The van der Waals surface area contributed by atoms with Gasteiger partial charge in [0, 0.05) is 0 Å². The summed E-state index contributed by atoms with van der Waals surface area (Å²) in [6.45, 7) is 2.10. The smallest absolute Gasteiger partial charge is 0.214 e. The maximum absolute atomic E-state index is 5.90. The Morgan fingerprint density at radius 2 is 2.45 bits per heavy atom. The van der Waals surface area contributed by atoms with Crippen LogP contribution < -0.4 is 5.73 Å². The van der Waals surface area contributed by atoms with E-state index in [0.717, 1.165) is 6.42 Å². The fourth-order valence-corrected chi connectivity index (χ4v) is 1.20. The van der Waals surface area contributed by atoms with Crippen molar-refractivity contribution in [3.63, 3.8) is 0 Å². The van der Waals surface area contributed by atoms with E-state index in [1.165, 1.54) is 0 Å². The summed E-state index contributed by atoms with van der Waals surface area (Å²) in [4.78, 5) is 4.01. The zero-order chi connectivity index (χ0) is 7.19. The van der Waals surface area contributed by atoms with Gasteiger partial charge in [0.1, 0.15) is 6.26 Å². The van der Waals surface area contributed by atoms with Crippen molar-refractivity contribution in [2.45, 2.75) is 18.9 Å². The first-order valence-corrected chi connectivity index (χ1v) is 3.42. The van der Waals surface area contributed by atoms with Crippen LogP contribution in [0, 0.1) is 5.92 Å². The SMILES string of the molecule is CC1CC1(N)c1ncco1.Cl. The average Bonchev–Trinajstić information content (AvgIpc) is 2.35. The van der Waals surface area contributed by atoms with Crippen LogP contribution in [0.4, 0.5) is 0 Å². The molecule has 1 aromatic heterocycles. The highest BCUT2D eigenvalue weighted by Gasteiger charge is 2.52. The van der Waals surface area contributed by atoms with Crippen LogP contribution in [0.25, 0.3) is 0 Å². The molecule has 2 atom stereocenters. The van der Waals surface area contributed by atoms with Crippen molar-refractivity contribution in [1.29, 1.82) is 0 Å². The van der Waals surface area contributed by atoms with Gasteiger partial charge in [0.2, 0.25) is 5.89 Å². The third-order valence-corrected chi connectivity index (χ3v) is 2.19. The molecule has 11 heavy (non-hydrogen) atoms. The summed E-state index contributed by atoms with van der Waals surface area (Å²) in [6.07, 6.45) is 4.19. The minimum Gasteiger partial charge on any atom is -0.447 e. The molecule has 1 aromatic rings. The Labute approximate surface area is 71.4 Å². The molecule has 3 nitrogen and oxygen atoms in total. The minimum atomic E-state index is -0.247. The first-order chi connectivity index (χ1) is 4.73. The van der Waals surface area contributed by atoms with Crippen LogP contribution in [0.3, 0.4) is 0 Å². The maximum atomic E-state index is 5.90. The molecule has 2 N–H and O–H groups in total. The number of rotatable bonds is 1. The topological polar surface area (TPSA) is 52.0 Å². The highest BCUT2D eigenvalue weighted by molar-refractivity contribution is 5.85. The first kappa shape index (κ1) is 8.56. The van der Waals surface area contributed by atoms with Crippen molar-refractivity contribution in [3.05, 3.63) is 18.4 Å². The van der Waals surface area contributed by atoms with Crippen molar-refractivity contribution >= 4 is 12.4 Å². The van der Waals surface area contributed by atoms with Gasteiger partial charge in [0.25, 0.3) is 0 Å². The number of hydrogen-bond donors (Lipinski definition) is 1. The van der Waals surface area contributed by atoms with Crippen molar-refractivity contribution in [2.24, 2.45) is 11.7 Å². The summed E-state index contributed by atoms with van der Waals surface area (Å²) < 4.78 is 5.09.